The first kappa shape index (κ1) is 19.6. The number of halogens is 3. The van der Waals surface area contributed by atoms with Gasteiger partial charge < -0.3 is 19.0 Å². The number of benzene rings is 1. The van der Waals surface area contributed by atoms with E-state index in [4.69, 9.17) is 9.15 Å². The number of amides is 1. The van der Waals surface area contributed by atoms with Crippen LogP contribution in [-0.2, 0) is 0 Å². The number of nitrogens with zero attached hydrogens (tertiary/aromatic N) is 2. The Bertz CT molecular complexity index is 771. The zero-order chi connectivity index (χ0) is 16.7. The summed E-state index contributed by atoms with van der Waals surface area (Å²) in [6.07, 6.45) is 0. The lowest BCUT2D eigenvalue weighted by atomic mass is 10.1. The molecule has 2 heterocycles. The molecule has 3 rings (SSSR count). The van der Waals surface area contributed by atoms with Crippen LogP contribution in [0.2, 0.25) is 0 Å². The first-order valence-corrected chi connectivity index (χ1v) is 8.95. The van der Waals surface area contributed by atoms with Gasteiger partial charge in [0.2, 0.25) is 0 Å². The minimum Gasteiger partial charge on any atom is -0.494 e. The summed E-state index contributed by atoms with van der Waals surface area (Å²) >= 11 is 7.01. The molecule has 0 N–H and O–H groups in total. The average molecular weight is 483 g/mol. The fraction of sp³-hybridized carbons (Fsp3) is 0.438. The van der Waals surface area contributed by atoms with Gasteiger partial charge in [0.1, 0.15) is 4.47 Å². The van der Waals surface area contributed by atoms with E-state index >= 15 is 0 Å². The standard InChI is InChI=1S/C16H18Br2N2O3.ClH/c1-9-10-8-11(17)15(22-3)12(18)14(10)23-13(9)16(21)20-6-4-19(2)5-7-20;/h8H,4-7H2,1-3H3;1H. The number of piperazine rings is 1. The van der Waals surface area contributed by atoms with Crippen LogP contribution in [0.1, 0.15) is 16.1 Å². The Morgan fingerprint density at radius 1 is 1.25 bits per heavy atom. The Hall–Kier alpha value is -0.760. The summed E-state index contributed by atoms with van der Waals surface area (Å²) in [5, 5.41) is 0.905. The molecule has 1 aromatic heterocycles. The molecule has 132 valence electrons. The molecule has 0 atom stereocenters. The van der Waals surface area contributed by atoms with Gasteiger partial charge in [-0.3, -0.25) is 4.79 Å². The van der Waals surface area contributed by atoms with Crippen molar-refractivity contribution in [1.29, 1.82) is 0 Å². The fourth-order valence-electron chi connectivity index (χ4n) is 2.81. The highest BCUT2D eigenvalue weighted by atomic mass is 79.9. The number of rotatable bonds is 2. The van der Waals surface area contributed by atoms with Gasteiger partial charge in [0.25, 0.3) is 5.91 Å². The Kier molecular flexibility index (Phi) is 6.23. The number of ether oxygens (including phenoxy) is 1. The average Bonchev–Trinajstić information content (AvgIpc) is 2.85. The summed E-state index contributed by atoms with van der Waals surface area (Å²) in [4.78, 5) is 16.9. The molecule has 0 saturated carbocycles. The number of carbonyl (C=O) groups is 1. The van der Waals surface area contributed by atoms with Crippen LogP contribution in [0.15, 0.2) is 19.4 Å². The number of likely N-dealkylation sites (N-methyl/N-ethyl adjacent to an activating group) is 1. The third kappa shape index (κ3) is 3.31. The summed E-state index contributed by atoms with van der Waals surface area (Å²) in [6.45, 7) is 5.13. The van der Waals surface area contributed by atoms with Gasteiger partial charge in [-0.2, -0.15) is 0 Å². The van der Waals surface area contributed by atoms with Crippen molar-refractivity contribution in [3.8, 4) is 5.75 Å². The third-order valence-corrected chi connectivity index (χ3v) is 5.58. The molecule has 1 aliphatic heterocycles. The second-order valence-corrected chi connectivity index (χ2v) is 7.38. The van der Waals surface area contributed by atoms with Crippen LogP contribution in [0.4, 0.5) is 0 Å². The van der Waals surface area contributed by atoms with Crippen molar-refractivity contribution in [3.63, 3.8) is 0 Å². The number of carbonyl (C=O) groups excluding carboxylic acids is 1. The smallest absolute Gasteiger partial charge is 0.289 e. The molecule has 0 bridgehead atoms. The maximum absolute atomic E-state index is 12.8. The van der Waals surface area contributed by atoms with E-state index in [9.17, 15) is 4.79 Å². The molecular formula is C16H19Br2ClN2O3. The molecule has 1 aromatic carbocycles. The van der Waals surface area contributed by atoms with Crippen molar-refractivity contribution >= 4 is 61.1 Å². The van der Waals surface area contributed by atoms with Crippen molar-refractivity contribution in [2.75, 3.05) is 40.3 Å². The summed E-state index contributed by atoms with van der Waals surface area (Å²) in [6, 6.07) is 1.93. The van der Waals surface area contributed by atoms with Gasteiger partial charge in [-0.1, -0.05) is 0 Å². The van der Waals surface area contributed by atoms with Gasteiger partial charge in [-0.25, -0.2) is 0 Å². The number of methoxy groups -OCH3 is 1. The van der Waals surface area contributed by atoms with Crippen LogP contribution in [0.25, 0.3) is 11.0 Å². The molecule has 5 nitrogen and oxygen atoms in total. The van der Waals surface area contributed by atoms with E-state index in [1.807, 2.05) is 17.9 Å². The minimum absolute atomic E-state index is 0. The monoisotopic (exact) mass is 480 g/mol. The summed E-state index contributed by atoms with van der Waals surface area (Å²) in [5.41, 5.74) is 1.49. The van der Waals surface area contributed by atoms with Crippen LogP contribution in [0.5, 0.6) is 5.75 Å². The first-order chi connectivity index (χ1) is 10.9. The van der Waals surface area contributed by atoms with E-state index in [1.54, 1.807) is 7.11 Å². The quantitative estimate of drug-likeness (QED) is 0.647. The fourth-order valence-corrected chi connectivity index (χ4v) is 4.33. The van der Waals surface area contributed by atoms with Crippen LogP contribution in [-0.4, -0.2) is 56.0 Å². The molecule has 0 radical (unpaired) electrons. The van der Waals surface area contributed by atoms with E-state index < -0.39 is 0 Å². The lowest BCUT2D eigenvalue weighted by Gasteiger charge is -2.31. The second kappa shape index (κ2) is 7.64. The topological polar surface area (TPSA) is 45.9 Å². The summed E-state index contributed by atoms with van der Waals surface area (Å²) in [7, 11) is 3.66. The van der Waals surface area contributed by atoms with Crippen molar-refractivity contribution in [2.45, 2.75) is 6.92 Å². The lowest BCUT2D eigenvalue weighted by Crippen LogP contribution is -2.47. The zero-order valence-corrected chi connectivity index (χ0v) is 17.7. The summed E-state index contributed by atoms with van der Waals surface area (Å²) in [5.74, 6) is 1.02. The molecule has 1 saturated heterocycles. The van der Waals surface area contributed by atoms with Gasteiger partial charge in [0.15, 0.2) is 17.1 Å². The van der Waals surface area contributed by atoms with Gasteiger partial charge in [-0.05, 0) is 51.9 Å². The number of furan rings is 1. The highest BCUT2D eigenvalue weighted by Crippen LogP contribution is 2.42. The Balaban J connectivity index is 0.00000208. The zero-order valence-electron chi connectivity index (χ0n) is 13.7. The van der Waals surface area contributed by atoms with Gasteiger partial charge in [0, 0.05) is 37.1 Å². The van der Waals surface area contributed by atoms with E-state index in [0.29, 0.717) is 21.6 Å². The van der Waals surface area contributed by atoms with E-state index in [1.165, 1.54) is 0 Å². The van der Waals surface area contributed by atoms with Crippen LogP contribution in [0, 0.1) is 6.92 Å². The molecule has 24 heavy (non-hydrogen) atoms. The maximum Gasteiger partial charge on any atom is 0.289 e. The lowest BCUT2D eigenvalue weighted by molar-refractivity contribution is 0.0634. The van der Waals surface area contributed by atoms with Crippen LogP contribution < -0.4 is 4.74 Å². The first-order valence-electron chi connectivity index (χ1n) is 7.37. The molecular weight excluding hydrogens is 463 g/mol. The van der Waals surface area contributed by atoms with Gasteiger partial charge in [0.05, 0.1) is 11.6 Å². The van der Waals surface area contributed by atoms with Crippen molar-refractivity contribution in [3.05, 3.63) is 26.3 Å². The molecule has 8 heteroatoms. The Labute approximate surface area is 164 Å². The molecule has 0 unspecified atom stereocenters. The van der Waals surface area contributed by atoms with E-state index in [0.717, 1.165) is 41.6 Å². The molecule has 0 aliphatic carbocycles. The second-order valence-electron chi connectivity index (χ2n) is 5.73. The van der Waals surface area contributed by atoms with Crippen molar-refractivity contribution in [2.24, 2.45) is 0 Å². The largest absolute Gasteiger partial charge is 0.494 e. The third-order valence-electron chi connectivity index (χ3n) is 4.27. The molecule has 2 aromatic rings. The van der Waals surface area contributed by atoms with Crippen molar-refractivity contribution in [1.82, 2.24) is 9.80 Å². The number of fused-ring (bicyclic) bond motifs is 1. The molecule has 1 aliphatic rings. The molecule has 0 spiro atoms. The highest BCUT2D eigenvalue weighted by molar-refractivity contribution is 9.11. The van der Waals surface area contributed by atoms with Gasteiger partial charge >= 0.3 is 0 Å². The predicted octanol–water partition coefficient (Wildman–Crippen LogP) is 4.08. The van der Waals surface area contributed by atoms with E-state index in [2.05, 4.69) is 43.8 Å². The van der Waals surface area contributed by atoms with E-state index in [-0.39, 0.29) is 18.3 Å². The minimum atomic E-state index is -0.0474. The van der Waals surface area contributed by atoms with Gasteiger partial charge in [-0.15, -0.1) is 12.4 Å². The SMILES string of the molecule is COc1c(Br)cc2c(C)c(C(=O)N3CCN(C)CC3)oc2c1Br.Cl. The molecule has 1 amide bonds. The highest BCUT2D eigenvalue weighted by Gasteiger charge is 2.27. The maximum atomic E-state index is 12.8. The van der Waals surface area contributed by atoms with Crippen LogP contribution in [0.3, 0.4) is 0 Å². The number of hydrogen-bond donors (Lipinski definition) is 0. The predicted molar refractivity (Wildman–Crippen MR) is 104 cm³/mol. The summed E-state index contributed by atoms with van der Waals surface area (Å²) < 4.78 is 12.8. The Morgan fingerprint density at radius 2 is 1.88 bits per heavy atom. The van der Waals surface area contributed by atoms with Crippen LogP contribution >= 0.6 is 44.3 Å². The molecule has 1 fully saturated rings. The normalized spacial score (nSPS) is 15.5. The number of hydrogen-bond acceptors (Lipinski definition) is 4. The van der Waals surface area contributed by atoms with Crippen molar-refractivity contribution < 1.29 is 13.9 Å². The number of aryl methyl sites for hydroxylation is 1. The Morgan fingerprint density at radius 3 is 2.46 bits per heavy atom.